The first-order valence-corrected chi connectivity index (χ1v) is 36.3. The fraction of sp³-hybridized carbons (Fsp3) is 0.370. The van der Waals surface area contributed by atoms with Crippen molar-refractivity contribution in [1.82, 2.24) is 19.1 Å². The van der Waals surface area contributed by atoms with Gasteiger partial charge in [-0.2, -0.15) is 0 Å². The summed E-state index contributed by atoms with van der Waals surface area (Å²) in [7, 11) is 0. The molecule has 4 N–H and O–H groups in total. The topological polar surface area (TPSA) is 184 Å². The quantitative estimate of drug-likeness (QED) is 0.127. The molecule has 4 aromatic heterocycles. The van der Waals surface area contributed by atoms with Crippen molar-refractivity contribution in [2.45, 2.75) is 179 Å². The normalized spacial score (nSPS) is 17.1. The Hall–Kier alpha value is -9.94. The van der Waals surface area contributed by atoms with Crippen LogP contribution in [0, 0.1) is 43.3 Å². The van der Waals surface area contributed by atoms with Gasteiger partial charge in [0.05, 0.1) is 33.9 Å². The van der Waals surface area contributed by atoms with Crippen LogP contribution in [-0.4, -0.2) is 64.4 Å². The van der Waals surface area contributed by atoms with Crippen molar-refractivity contribution in [2.75, 3.05) is 0 Å². The zero-order valence-electron chi connectivity index (χ0n) is 65.5. The summed E-state index contributed by atoms with van der Waals surface area (Å²) in [6.45, 7) is 50.1. The molecule has 0 fully saturated rings. The molecule has 5 heterocycles. The Morgan fingerprint density at radius 3 is 0.606 bits per heavy atom. The Morgan fingerprint density at radius 1 is 0.279 bits per heavy atom. The Kier molecular flexibility index (Phi) is 18.8. The van der Waals surface area contributed by atoms with Crippen molar-refractivity contribution in [3.8, 4) is 0 Å². The monoisotopic (exact) mass is 1390 g/mol. The first kappa shape index (κ1) is 75.2. The summed E-state index contributed by atoms with van der Waals surface area (Å²) >= 11 is 0. The predicted octanol–water partition coefficient (Wildman–Crippen LogP) is 21.1. The molecule has 540 valence electrons. The van der Waals surface area contributed by atoms with E-state index in [4.69, 9.17) is 0 Å². The highest BCUT2D eigenvalue weighted by molar-refractivity contribution is 6.16. The van der Waals surface area contributed by atoms with Crippen molar-refractivity contribution in [2.24, 2.45) is 43.3 Å². The molecule has 2 aromatic carbocycles. The van der Waals surface area contributed by atoms with Gasteiger partial charge in [0.2, 0.25) is 0 Å². The summed E-state index contributed by atoms with van der Waals surface area (Å²) < 4.78 is 4.56. The van der Waals surface area contributed by atoms with E-state index >= 15 is 19.2 Å². The molecule has 11 rings (SSSR count). The smallest absolute Gasteiger partial charge is 0.335 e. The van der Waals surface area contributed by atoms with E-state index in [0.29, 0.717) is 67.4 Å². The van der Waals surface area contributed by atoms with Crippen LogP contribution < -0.4 is 0 Å². The average Bonchev–Trinajstić information content (AvgIpc) is 1.54. The maximum Gasteiger partial charge on any atom is 0.335 e. The van der Waals surface area contributed by atoms with Gasteiger partial charge in [-0.15, -0.1) is 0 Å². The van der Waals surface area contributed by atoms with Gasteiger partial charge >= 0.3 is 11.9 Å². The van der Waals surface area contributed by atoms with Crippen LogP contribution >= 0.6 is 0 Å². The highest BCUT2D eigenvalue weighted by atomic mass is 16.4. The lowest BCUT2D eigenvalue weighted by molar-refractivity contribution is -0.114. The number of nitrogens with zero attached hydrogens (tertiary/aromatic N) is 2. The van der Waals surface area contributed by atoms with E-state index in [1.54, 1.807) is 24.3 Å². The lowest BCUT2D eigenvalue weighted by atomic mass is 9.71. The summed E-state index contributed by atoms with van der Waals surface area (Å²) in [6, 6.07) is 30.9. The lowest BCUT2D eigenvalue weighted by Gasteiger charge is -2.32. The molecule has 0 amide bonds. The molecule has 5 aliphatic rings. The van der Waals surface area contributed by atoms with Gasteiger partial charge in [0.15, 0.2) is 23.1 Å². The summed E-state index contributed by atoms with van der Waals surface area (Å²) in [5.41, 5.74) is 14.0. The number of allylic oxidation sites excluding steroid dienone is 20. The van der Waals surface area contributed by atoms with Crippen LogP contribution in [-0.2, 0) is 32.3 Å². The molecule has 1 aliphatic heterocycles. The number of H-pyrrole nitrogens is 2. The van der Waals surface area contributed by atoms with Gasteiger partial charge < -0.3 is 29.3 Å². The maximum absolute atomic E-state index is 15.2. The minimum atomic E-state index is -1.05. The molecule has 6 aromatic rings. The summed E-state index contributed by atoms with van der Waals surface area (Å²) in [4.78, 5) is 94.3. The third-order valence-electron chi connectivity index (χ3n) is 20.5. The van der Waals surface area contributed by atoms with E-state index in [-0.39, 0.29) is 47.3 Å². The van der Waals surface area contributed by atoms with Crippen LogP contribution in [0.2, 0.25) is 0 Å². The number of benzene rings is 2. The molecule has 0 saturated heterocycles. The second kappa shape index (κ2) is 26.0. The number of rotatable bonds is 6. The molecule has 4 aliphatic carbocycles. The number of carbonyl (C=O) groups excluding carboxylic acids is 4. The average molecular weight is 1390 g/mol. The molecule has 0 spiro atoms. The SMILES string of the molecule is CC(C)(C)C1=CC(=C2c3ccc([nH]3)C(=C3C=C(C(C)(C)C)C(=O)C(C(C)(C)C)=C3)c3ccc(n3Cc3ccc(C(=O)O)cc3)C(=C3C=C(C(C)(C)C)C(=O)C(C(C)(C)C)=C3)c3ccc([nH]3)C(=C3C=C(C(C)(C)C)C(=O)C(C(C)(C)C)=C3)c3ccc2n3Cc2ccc(C(=O)O)cc2)C=C(C(C)(C)C)C1=O. The van der Waals surface area contributed by atoms with Crippen LogP contribution in [0.4, 0.5) is 0 Å². The van der Waals surface area contributed by atoms with Crippen molar-refractivity contribution in [1.29, 1.82) is 0 Å². The van der Waals surface area contributed by atoms with Crippen LogP contribution in [0.25, 0.3) is 22.3 Å². The van der Waals surface area contributed by atoms with Crippen LogP contribution in [0.5, 0.6) is 0 Å². The van der Waals surface area contributed by atoms with E-state index in [0.717, 1.165) is 78.5 Å². The maximum atomic E-state index is 15.2. The summed E-state index contributed by atoms with van der Waals surface area (Å²) in [5.74, 6) is -2.23. The van der Waals surface area contributed by atoms with Gasteiger partial charge in [0.1, 0.15) is 0 Å². The van der Waals surface area contributed by atoms with E-state index in [1.165, 1.54) is 0 Å². The van der Waals surface area contributed by atoms with Crippen molar-refractivity contribution >= 4 is 57.4 Å². The number of aromatic nitrogens is 4. The molecule has 12 nitrogen and oxygen atoms in total. The molecule has 0 unspecified atom stereocenters. The van der Waals surface area contributed by atoms with Crippen molar-refractivity contribution in [3.05, 3.63) is 280 Å². The standard InChI is InChI=1S/C92H104N4O8/c1-85(2,3)59-41-55(42-60(79(59)97)86(4,5)6)75-67-33-34-68(93-67)76(56-43-61(87(7,8)9)80(98)62(44-56)88(10,11)12)73-39-40-74(96(73)50-52-27-31-54(32-28-52)84(103)104)78(58-47-65(91(19,20)21)82(100)66(48-58)92(22,23)24)70-36-35-69(94-70)77(57-45-63(89(13,14)15)81(99)64(46-57)90(16,17)18)72-38-37-71(75)95(72)49-51-25-29-53(30-26-51)83(101)102/h25-48,93-94H,49-50H2,1-24H3,(H,101,102)(H,103,104). The largest absolute Gasteiger partial charge is 0.478 e. The fourth-order valence-corrected chi connectivity index (χ4v) is 14.7. The zero-order valence-corrected chi connectivity index (χ0v) is 65.5. The number of hydrogen-bond donors (Lipinski definition) is 4. The summed E-state index contributed by atoms with van der Waals surface area (Å²) in [5, 5.41) is 20.6. The number of carboxylic acids is 2. The highest BCUT2D eigenvalue weighted by Crippen LogP contribution is 2.50. The van der Waals surface area contributed by atoms with Crippen LogP contribution in [0.15, 0.2) is 213 Å². The Balaban J connectivity index is 1.44. The zero-order chi connectivity index (χ0) is 76.6. The number of ketones is 4. The molecule has 0 atom stereocenters. The first-order chi connectivity index (χ1) is 47.9. The lowest BCUT2D eigenvalue weighted by Crippen LogP contribution is -2.28. The minimum absolute atomic E-state index is 0.0334. The van der Waals surface area contributed by atoms with Crippen molar-refractivity contribution in [3.63, 3.8) is 0 Å². The Labute approximate surface area is 615 Å². The third-order valence-corrected chi connectivity index (χ3v) is 20.5. The van der Waals surface area contributed by atoms with E-state index in [2.05, 4.69) is 234 Å². The third kappa shape index (κ3) is 14.4. The van der Waals surface area contributed by atoms with Crippen molar-refractivity contribution < 1.29 is 39.0 Å². The molecule has 8 bridgehead atoms. The summed E-state index contributed by atoms with van der Waals surface area (Å²) in [6.07, 6.45) is 16.4. The molecule has 12 heteroatoms. The van der Waals surface area contributed by atoms with Gasteiger partial charge in [-0.1, -0.05) is 190 Å². The predicted molar refractivity (Wildman–Crippen MR) is 420 cm³/mol. The molecular formula is C92H104N4O8. The van der Waals surface area contributed by atoms with Gasteiger partial charge in [-0.05, 0) is 198 Å². The number of hydrogen-bond acceptors (Lipinski definition) is 6. The number of nitrogens with one attached hydrogen (secondary N) is 2. The number of carboxylic acid groups (broad SMARTS) is 2. The number of fused-ring (bicyclic) bond motifs is 8. The second-order valence-corrected chi connectivity index (χ2v) is 37.1. The number of aromatic carboxylic acids is 2. The van der Waals surface area contributed by atoms with Crippen LogP contribution in [0.3, 0.4) is 0 Å². The van der Waals surface area contributed by atoms with Gasteiger partial charge in [0.25, 0.3) is 0 Å². The number of aromatic amines is 2. The second-order valence-electron chi connectivity index (χ2n) is 37.1. The van der Waals surface area contributed by atoms with Crippen LogP contribution in [0.1, 0.15) is 244 Å². The van der Waals surface area contributed by atoms with Gasteiger partial charge in [-0.25, -0.2) is 9.59 Å². The Morgan fingerprint density at radius 2 is 0.452 bits per heavy atom. The molecule has 104 heavy (non-hydrogen) atoms. The molecular weight excluding hydrogens is 1290 g/mol. The van der Waals surface area contributed by atoms with E-state index in [1.807, 2.05) is 72.9 Å². The first-order valence-electron chi connectivity index (χ1n) is 36.3. The minimum Gasteiger partial charge on any atom is -0.478 e. The number of Topliss-reactive ketones (excluding diaryl/α,β-unsaturated/α-hetero) is 4. The molecule has 0 saturated carbocycles. The van der Waals surface area contributed by atoms with E-state index in [9.17, 15) is 19.8 Å². The van der Waals surface area contributed by atoms with Gasteiger partial charge in [0, 0.05) is 103 Å². The Bertz CT molecular complexity index is 4370. The van der Waals surface area contributed by atoms with Gasteiger partial charge in [-0.3, -0.25) is 19.2 Å². The highest BCUT2D eigenvalue weighted by Gasteiger charge is 2.42. The number of carbonyl (C=O) groups is 6. The fourth-order valence-electron chi connectivity index (χ4n) is 14.7. The molecule has 0 radical (unpaired) electrons. The van der Waals surface area contributed by atoms with E-state index < -0.39 is 55.3 Å².